The van der Waals surface area contributed by atoms with Gasteiger partial charge in [0.25, 0.3) is 0 Å². The highest BCUT2D eigenvalue weighted by molar-refractivity contribution is 5.34. The van der Waals surface area contributed by atoms with E-state index in [0.29, 0.717) is 12.0 Å². The molecule has 1 saturated heterocycles. The predicted molar refractivity (Wildman–Crippen MR) is 68.7 cm³/mol. The van der Waals surface area contributed by atoms with E-state index >= 15 is 0 Å². The van der Waals surface area contributed by atoms with Crippen LogP contribution in [-0.4, -0.2) is 18.6 Å². The zero-order valence-electron chi connectivity index (χ0n) is 10.5. The number of aryl methyl sites for hydroxylation is 2. The van der Waals surface area contributed by atoms with Gasteiger partial charge in [-0.05, 0) is 44.2 Å². The molecule has 0 saturated carbocycles. The summed E-state index contributed by atoms with van der Waals surface area (Å²) in [6.07, 6.45) is 1.10. The highest BCUT2D eigenvalue weighted by Gasteiger charge is 2.26. The largest absolute Gasteiger partial charge is 0.326 e. The molecule has 2 heteroatoms. The first-order chi connectivity index (χ1) is 7.58. The third-order valence-electron chi connectivity index (χ3n) is 3.76. The standard InChI is InChI=1S/C14H22N2/c1-9-4-5-10(2)13(6-9)12-7-14(15)11(3)16-8-12/h4-6,11-12,14,16H,7-8,15H2,1-3H3. The van der Waals surface area contributed by atoms with Gasteiger partial charge in [-0.15, -0.1) is 0 Å². The van der Waals surface area contributed by atoms with Gasteiger partial charge in [-0.3, -0.25) is 0 Å². The van der Waals surface area contributed by atoms with Gasteiger partial charge in [-0.2, -0.15) is 0 Å². The van der Waals surface area contributed by atoms with Crippen LogP contribution in [0, 0.1) is 13.8 Å². The summed E-state index contributed by atoms with van der Waals surface area (Å²) in [5, 5.41) is 3.50. The topological polar surface area (TPSA) is 38.0 Å². The number of nitrogens with two attached hydrogens (primary N) is 1. The van der Waals surface area contributed by atoms with E-state index in [0.717, 1.165) is 13.0 Å². The summed E-state index contributed by atoms with van der Waals surface area (Å²) in [5.41, 5.74) is 10.3. The van der Waals surface area contributed by atoms with Crippen molar-refractivity contribution in [3.8, 4) is 0 Å². The molecule has 0 aliphatic carbocycles. The van der Waals surface area contributed by atoms with Gasteiger partial charge in [0.05, 0.1) is 0 Å². The van der Waals surface area contributed by atoms with Gasteiger partial charge in [0.15, 0.2) is 0 Å². The molecule has 3 unspecified atom stereocenters. The molecule has 1 aliphatic heterocycles. The maximum absolute atomic E-state index is 6.13. The Morgan fingerprint density at radius 2 is 2.06 bits per heavy atom. The zero-order valence-corrected chi connectivity index (χ0v) is 10.5. The predicted octanol–water partition coefficient (Wildman–Crippen LogP) is 2.10. The van der Waals surface area contributed by atoms with E-state index in [4.69, 9.17) is 5.73 Å². The molecule has 88 valence electrons. The van der Waals surface area contributed by atoms with Crippen molar-refractivity contribution in [3.63, 3.8) is 0 Å². The Morgan fingerprint density at radius 1 is 1.31 bits per heavy atom. The van der Waals surface area contributed by atoms with Crippen LogP contribution in [0.3, 0.4) is 0 Å². The summed E-state index contributed by atoms with van der Waals surface area (Å²) in [5.74, 6) is 0.575. The summed E-state index contributed by atoms with van der Waals surface area (Å²) in [4.78, 5) is 0. The smallest absolute Gasteiger partial charge is 0.0198 e. The van der Waals surface area contributed by atoms with Crippen molar-refractivity contribution in [3.05, 3.63) is 34.9 Å². The minimum absolute atomic E-state index is 0.277. The summed E-state index contributed by atoms with van der Waals surface area (Å²) in [6, 6.07) is 7.43. The van der Waals surface area contributed by atoms with Crippen LogP contribution in [0.4, 0.5) is 0 Å². The van der Waals surface area contributed by atoms with Crippen molar-refractivity contribution in [2.24, 2.45) is 5.73 Å². The van der Waals surface area contributed by atoms with Crippen LogP contribution in [-0.2, 0) is 0 Å². The molecule has 1 fully saturated rings. The van der Waals surface area contributed by atoms with E-state index in [-0.39, 0.29) is 6.04 Å². The van der Waals surface area contributed by atoms with E-state index < -0.39 is 0 Å². The van der Waals surface area contributed by atoms with Gasteiger partial charge >= 0.3 is 0 Å². The molecule has 1 aromatic rings. The fraction of sp³-hybridized carbons (Fsp3) is 0.571. The number of piperidine rings is 1. The maximum Gasteiger partial charge on any atom is 0.0198 e. The number of benzene rings is 1. The number of hydrogen-bond acceptors (Lipinski definition) is 2. The Kier molecular flexibility index (Phi) is 3.31. The summed E-state index contributed by atoms with van der Waals surface area (Å²) >= 11 is 0. The monoisotopic (exact) mass is 218 g/mol. The first-order valence-corrected chi connectivity index (χ1v) is 6.14. The normalized spacial score (nSPS) is 30.4. The molecule has 1 heterocycles. The van der Waals surface area contributed by atoms with Crippen LogP contribution < -0.4 is 11.1 Å². The molecule has 0 bridgehead atoms. The Balaban J connectivity index is 2.21. The highest BCUT2D eigenvalue weighted by Crippen LogP contribution is 2.27. The van der Waals surface area contributed by atoms with Crippen molar-refractivity contribution in [2.75, 3.05) is 6.54 Å². The average molecular weight is 218 g/mol. The highest BCUT2D eigenvalue weighted by atomic mass is 15.0. The summed E-state index contributed by atoms with van der Waals surface area (Å²) in [7, 11) is 0. The molecular weight excluding hydrogens is 196 g/mol. The Morgan fingerprint density at radius 3 is 2.75 bits per heavy atom. The summed E-state index contributed by atoms with van der Waals surface area (Å²) < 4.78 is 0. The van der Waals surface area contributed by atoms with Gasteiger partial charge < -0.3 is 11.1 Å². The Bertz CT molecular complexity index is 373. The molecule has 2 nitrogen and oxygen atoms in total. The number of hydrogen-bond donors (Lipinski definition) is 2. The third kappa shape index (κ3) is 2.28. The lowest BCUT2D eigenvalue weighted by Gasteiger charge is -2.34. The molecular formula is C14H22N2. The lowest BCUT2D eigenvalue weighted by molar-refractivity contribution is 0.337. The average Bonchev–Trinajstić information content (AvgIpc) is 2.26. The Hall–Kier alpha value is -0.860. The zero-order chi connectivity index (χ0) is 11.7. The molecule has 2 rings (SSSR count). The van der Waals surface area contributed by atoms with Crippen molar-refractivity contribution in [2.45, 2.75) is 45.2 Å². The maximum atomic E-state index is 6.13. The second kappa shape index (κ2) is 4.56. The Labute approximate surface area is 98.2 Å². The molecule has 0 radical (unpaired) electrons. The third-order valence-corrected chi connectivity index (χ3v) is 3.76. The van der Waals surface area contributed by atoms with Gasteiger partial charge in [-0.25, -0.2) is 0 Å². The van der Waals surface area contributed by atoms with Crippen molar-refractivity contribution < 1.29 is 0 Å². The molecule has 16 heavy (non-hydrogen) atoms. The van der Waals surface area contributed by atoms with Crippen molar-refractivity contribution >= 4 is 0 Å². The van der Waals surface area contributed by atoms with Gasteiger partial charge in [0.2, 0.25) is 0 Å². The van der Waals surface area contributed by atoms with Gasteiger partial charge in [-0.1, -0.05) is 23.8 Å². The molecule has 1 aliphatic rings. The van der Waals surface area contributed by atoms with Crippen LogP contribution >= 0.6 is 0 Å². The minimum atomic E-state index is 0.277. The van der Waals surface area contributed by atoms with Crippen LogP contribution in [0.2, 0.25) is 0 Å². The SMILES string of the molecule is Cc1ccc(C)c(C2CNC(C)C(N)C2)c1. The van der Waals surface area contributed by atoms with Crippen molar-refractivity contribution in [1.82, 2.24) is 5.32 Å². The number of rotatable bonds is 1. The van der Waals surface area contributed by atoms with Crippen molar-refractivity contribution in [1.29, 1.82) is 0 Å². The minimum Gasteiger partial charge on any atom is -0.326 e. The second-order valence-electron chi connectivity index (χ2n) is 5.15. The molecule has 0 aromatic heterocycles. The molecule has 3 N–H and O–H groups in total. The molecule has 0 amide bonds. The second-order valence-corrected chi connectivity index (χ2v) is 5.15. The van der Waals surface area contributed by atoms with E-state index in [2.05, 4.69) is 44.3 Å². The van der Waals surface area contributed by atoms with Crippen LogP contribution in [0.15, 0.2) is 18.2 Å². The first kappa shape index (κ1) is 11.6. The van der Waals surface area contributed by atoms with Crippen LogP contribution in [0.1, 0.15) is 36.0 Å². The lowest BCUT2D eigenvalue weighted by Crippen LogP contribution is -2.50. The first-order valence-electron chi connectivity index (χ1n) is 6.14. The van der Waals surface area contributed by atoms with Gasteiger partial charge in [0.1, 0.15) is 0 Å². The van der Waals surface area contributed by atoms with E-state index in [1.54, 1.807) is 0 Å². The van der Waals surface area contributed by atoms with Gasteiger partial charge in [0, 0.05) is 18.6 Å². The van der Waals surface area contributed by atoms with E-state index in [1.807, 2.05) is 0 Å². The van der Waals surface area contributed by atoms with E-state index in [9.17, 15) is 0 Å². The summed E-state index contributed by atoms with van der Waals surface area (Å²) in [6.45, 7) is 7.57. The quantitative estimate of drug-likeness (QED) is 0.757. The molecule has 0 spiro atoms. The number of nitrogens with one attached hydrogen (secondary N) is 1. The van der Waals surface area contributed by atoms with Crippen LogP contribution in [0.25, 0.3) is 0 Å². The molecule has 1 aromatic carbocycles. The van der Waals surface area contributed by atoms with Crippen LogP contribution in [0.5, 0.6) is 0 Å². The fourth-order valence-electron chi connectivity index (χ4n) is 2.53. The lowest BCUT2D eigenvalue weighted by atomic mass is 9.84. The molecule has 3 atom stereocenters. The fourth-order valence-corrected chi connectivity index (χ4v) is 2.53. The van der Waals surface area contributed by atoms with E-state index in [1.165, 1.54) is 16.7 Å².